The largest absolute Gasteiger partial charge is 0.416 e. The highest BCUT2D eigenvalue weighted by Crippen LogP contribution is 2.34. The van der Waals surface area contributed by atoms with E-state index in [0.717, 1.165) is 17.7 Å². The highest BCUT2D eigenvalue weighted by Gasteiger charge is 2.31. The Morgan fingerprint density at radius 1 is 0.935 bits per heavy atom. The number of para-hydroxylation sites is 1. The average Bonchev–Trinajstić information content (AvgIpc) is 2.69. The van der Waals surface area contributed by atoms with Crippen molar-refractivity contribution in [3.63, 3.8) is 0 Å². The number of amides is 1. The molecule has 0 heterocycles. The van der Waals surface area contributed by atoms with Gasteiger partial charge in [-0.15, -0.1) is 0 Å². The Balaban J connectivity index is 1.90. The summed E-state index contributed by atoms with van der Waals surface area (Å²) in [5.74, 6) is -0.830. The predicted molar refractivity (Wildman–Crippen MR) is 113 cm³/mol. The Hall–Kier alpha value is -3.04. The van der Waals surface area contributed by atoms with Gasteiger partial charge in [0.25, 0.3) is 15.9 Å². The normalized spacial score (nSPS) is 11.8. The van der Waals surface area contributed by atoms with Crippen molar-refractivity contribution in [2.24, 2.45) is 0 Å². The molecule has 5 nitrogen and oxygen atoms in total. The molecule has 0 saturated carbocycles. The standard InChI is InChI=1S/C21H16ClF3N2O3S/c1-13-6-9-15(10-7-13)31(29,30)27-18-5-3-2-4-16(18)20(28)26-19-12-14(21(23,24)25)8-11-17(19)22/h2-12,27H,1H3,(H,26,28). The molecule has 31 heavy (non-hydrogen) atoms. The van der Waals surface area contributed by atoms with E-state index in [9.17, 15) is 26.4 Å². The number of anilines is 2. The van der Waals surface area contributed by atoms with Crippen LogP contribution < -0.4 is 10.0 Å². The van der Waals surface area contributed by atoms with Gasteiger partial charge in [-0.2, -0.15) is 13.2 Å². The number of sulfonamides is 1. The lowest BCUT2D eigenvalue weighted by molar-refractivity contribution is -0.137. The quantitative estimate of drug-likeness (QED) is 0.503. The van der Waals surface area contributed by atoms with Crippen LogP contribution >= 0.6 is 11.6 Å². The molecule has 0 aliphatic rings. The summed E-state index contributed by atoms with van der Waals surface area (Å²) in [6.45, 7) is 1.81. The van der Waals surface area contributed by atoms with Gasteiger partial charge in [0.1, 0.15) is 0 Å². The number of benzene rings is 3. The van der Waals surface area contributed by atoms with Crippen LogP contribution in [-0.4, -0.2) is 14.3 Å². The second-order valence-corrected chi connectivity index (χ2v) is 8.70. The van der Waals surface area contributed by atoms with Gasteiger partial charge in [-0.3, -0.25) is 9.52 Å². The van der Waals surface area contributed by atoms with Gasteiger partial charge >= 0.3 is 6.18 Å². The molecule has 0 bridgehead atoms. The number of nitrogens with one attached hydrogen (secondary N) is 2. The monoisotopic (exact) mass is 468 g/mol. The number of aryl methyl sites for hydroxylation is 1. The molecule has 0 fully saturated rings. The van der Waals surface area contributed by atoms with E-state index in [1.165, 1.54) is 36.4 Å². The summed E-state index contributed by atoms with van der Waals surface area (Å²) in [6.07, 6.45) is -4.62. The molecule has 1 amide bonds. The maximum absolute atomic E-state index is 13.0. The molecule has 3 aromatic rings. The van der Waals surface area contributed by atoms with Gasteiger partial charge in [0.15, 0.2) is 0 Å². The molecule has 0 aliphatic carbocycles. The number of carbonyl (C=O) groups is 1. The summed E-state index contributed by atoms with van der Waals surface area (Å²) in [4.78, 5) is 12.7. The van der Waals surface area contributed by atoms with Crippen molar-refractivity contribution >= 4 is 38.9 Å². The molecule has 0 aromatic heterocycles. The number of hydrogen-bond donors (Lipinski definition) is 2. The topological polar surface area (TPSA) is 75.3 Å². The zero-order valence-corrected chi connectivity index (χ0v) is 17.6. The number of alkyl halides is 3. The Morgan fingerprint density at radius 2 is 1.58 bits per heavy atom. The third-order valence-electron chi connectivity index (χ3n) is 4.29. The molecular weight excluding hydrogens is 453 g/mol. The fourth-order valence-electron chi connectivity index (χ4n) is 2.68. The maximum atomic E-state index is 13.0. The van der Waals surface area contributed by atoms with Crippen molar-refractivity contribution in [3.05, 3.63) is 88.4 Å². The van der Waals surface area contributed by atoms with Crippen LogP contribution in [0, 0.1) is 6.92 Å². The lowest BCUT2D eigenvalue weighted by Crippen LogP contribution is -2.19. The van der Waals surface area contributed by atoms with Crippen LogP contribution in [0.4, 0.5) is 24.5 Å². The average molecular weight is 469 g/mol. The summed E-state index contributed by atoms with van der Waals surface area (Å²) in [6, 6.07) is 14.3. The highest BCUT2D eigenvalue weighted by molar-refractivity contribution is 7.92. The molecule has 0 spiro atoms. The fourth-order valence-corrected chi connectivity index (χ4v) is 3.92. The van der Waals surface area contributed by atoms with Crippen LogP contribution in [0.2, 0.25) is 5.02 Å². The Kier molecular flexibility index (Phi) is 6.28. The van der Waals surface area contributed by atoms with Gasteiger partial charge in [-0.25, -0.2) is 8.42 Å². The number of halogens is 4. The summed E-state index contributed by atoms with van der Waals surface area (Å²) in [5, 5.41) is 2.21. The van der Waals surface area contributed by atoms with Gasteiger partial charge < -0.3 is 5.32 Å². The first-order valence-corrected chi connectivity index (χ1v) is 10.7. The van der Waals surface area contributed by atoms with Crippen molar-refractivity contribution in [2.45, 2.75) is 18.0 Å². The summed E-state index contributed by atoms with van der Waals surface area (Å²) in [5.41, 5.74) is -0.495. The van der Waals surface area contributed by atoms with Crippen LogP contribution in [0.3, 0.4) is 0 Å². The molecule has 3 rings (SSSR count). The Labute approximate surface area is 181 Å². The lowest BCUT2D eigenvalue weighted by Gasteiger charge is -2.14. The number of carbonyl (C=O) groups excluding carboxylic acids is 1. The predicted octanol–water partition coefficient (Wildman–Crippen LogP) is 5.72. The lowest BCUT2D eigenvalue weighted by atomic mass is 10.1. The molecule has 0 unspecified atom stereocenters. The van der Waals surface area contributed by atoms with Crippen LogP contribution in [0.5, 0.6) is 0 Å². The van der Waals surface area contributed by atoms with Gasteiger partial charge in [0, 0.05) is 0 Å². The van der Waals surface area contributed by atoms with Gasteiger partial charge in [0.2, 0.25) is 0 Å². The third-order valence-corrected chi connectivity index (χ3v) is 6.00. The maximum Gasteiger partial charge on any atom is 0.416 e. The smallest absolute Gasteiger partial charge is 0.321 e. The first-order chi connectivity index (χ1) is 14.5. The molecule has 162 valence electrons. The first kappa shape index (κ1) is 22.6. The first-order valence-electron chi connectivity index (χ1n) is 8.84. The minimum absolute atomic E-state index is 0.00534. The molecule has 0 radical (unpaired) electrons. The molecule has 2 N–H and O–H groups in total. The van der Waals surface area contributed by atoms with E-state index in [1.807, 2.05) is 6.92 Å². The zero-order valence-electron chi connectivity index (χ0n) is 16.0. The van der Waals surface area contributed by atoms with Crippen molar-refractivity contribution in [3.8, 4) is 0 Å². The van der Waals surface area contributed by atoms with Gasteiger partial charge in [-0.1, -0.05) is 41.4 Å². The van der Waals surface area contributed by atoms with E-state index in [0.29, 0.717) is 6.07 Å². The molecule has 0 aliphatic heterocycles. The van der Waals surface area contributed by atoms with Crippen LogP contribution in [0.1, 0.15) is 21.5 Å². The van der Waals surface area contributed by atoms with Gasteiger partial charge in [-0.05, 0) is 49.4 Å². The van der Waals surface area contributed by atoms with Gasteiger partial charge in [0.05, 0.1) is 32.4 Å². The minimum Gasteiger partial charge on any atom is -0.321 e. The van der Waals surface area contributed by atoms with E-state index < -0.39 is 27.7 Å². The Bertz CT molecular complexity index is 1230. The van der Waals surface area contributed by atoms with E-state index in [4.69, 9.17) is 11.6 Å². The minimum atomic E-state index is -4.62. The van der Waals surface area contributed by atoms with E-state index >= 15 is 0 Å². The van der Waals surface area contributed by atoms with Crippen LogP contribution in [0.15, 0.2) is 71.6 Å². The second kappa shape index (κ2) is 8.60. The molecular formula is C21H16ClF3N2O3S. The van der Waals surface area contributed by atoms with Crippen LogP contribution in [-0.2, 0) is 16.2 Å². The summed E-state index contributed by atoms with van der Waals surface area (Å²) in [7, 11) is -4.00. The summed E-state index contributed by atoms with van der Waals surface area (Å²) < 4.78 is 66.6. The molecule has 3 aromatic carbocycles. The van der Waals surface area contributed by atoms with Crippen molar-refractivity contribution in [1.82, 2.24) is 0 Å². The van der Waals surface area contributed by atoms with E-state index in [-0.39, 0.29) is 26.9 Å². The van der Waals surface area contributed by atoms with E-state index in [1.54, 1.807) is 12.1 Å². The highest BCUT2D eigenvalue weighted by atomic mass is 35.5. The Morgan fingerprint density at radius 3 is 2.23 bits per heavy atom. The second-order valence-electron chi connectivity index (χ2n) is 6.61. The molecule has 0 atom stereocenters. The van der Waals surface area contributed by atoms with Crippen molar-refractivity contribution in [2.75, 3.05) is 10.0 Å². The zero-order chi connectivity index (χ0) is 22.8. The van der Waals surface area contributed by atoms with Crippen molar-refractivity contribution in [1.29, 1.82) is 0 Å². The van der Waals surface area contributed by atoms with E-state index in [2.05, 4.69) is 10.0 Å². The number of rotatable bonds is 5. The number of hydrogen-bond acceptors (Lipinski definition) is 3. The third kappa shape index (κ3) is 5.36. The van der Waals surface area contributed by atoms with Crippen LogP contribution in [0.25, 0.3) is 0 Å². The molecule has 10 heteroatoms. The van der Waals surface area contributed by atoms with Crippen molar-refractivity contribution < 1.29 is 26.4 Å². The SMILES string of the molecule is Cc1ccc(S(=O)(=O)Nc2ccccc2C(=O)Nc2cc(C(F)(F)F)ccc2Cl)cc1. The fraction of sp³-hybridized carbons (Fsp3) is 0.0952. The summed E-state index contributed by atoms with van der Waals surface area (Å²) >= 11 is 5.92. The molecule has 0 saturated heterocycles.